The molecule has 1 heterocycles. The lowest BCUT2D eigenvalue weighted by atomic mass is 10.2. The maximum atomic E-state index is 8.83. The van der Waals surface area contributed by atoms with Crippen LogP contribution in [0, 0.1) is 11.5 Å². The lowest BCUT2D eigenvalue weighted by molar-refractivity contribution is 0.162. The Morgan fingerprint density at radius 1 is 1.19 bits per heavy atom. The number of benzene rings is 1. The summed E-state index contributed by atoms with van der Waals surface area (Å²) in [4.78, 5) is 8.55. The molecule has 2 aliphatic rings. The fourth-order valence-electron chi connectivity index (χ4n) is 3.29. The molecule has 5 nitrogen and oxygen atoms in total. The molecule has 0 aromatic heterocycles. The molecule has 1 aliphatic heterocycles. The van der Waals surface area contributed by atoms with E-state index in [0.29, 0.717) is 5.02 Å². The number of nitrogens with zero attached hydrogens (tertiary/aromatic N) is 4. The summed E-state index contributed by atoms with van der Waals surface area (Å²) in [6.45, 7) is 5.68. The number of hydrogen-bond donors (Lipinski definition) is 0. The standard InChI is InChI=1S/C19H23ClN4OS/c1-14(25-17-7-5-16(20)6-8-17)18(15-3-4-15)23-9-11-24(12-10-23)19(26-2)22-13-21/h5-8,14H,3-4,9-12H2,1-2H3/t14-/m0/s1. The molecule has 1 atom stereocenters. The monoisotopic (exact) mass is 390 g/mol. The molecule has 138 valence electrons. The number of allylic oxidation sites excluding steroid dienone is 1. The van der Waals surface area contributed by atoms with E-state index in [-0.39, 0.29) is 6.10 Å². The molecule has 0 unspecified atom stereocenters. The van der Waals surface area contributed by atoms with Gasteiger partial charge < -0.3 is 14.5 Å². The van der Waals surface area contributed by atoms with Crippen molar-refractivity contribution in [3.05, 3.63) is 40.6 Å². The number of rotatable bonds is 4. The highest BCUT2D eigenvalue weighted by Gasteiger charge is 2.30. The molecule has 0 bridgehead atoms. The summed E-state index contributed by atoms with van der Waals surface area (Å²) in [5.41, 5.74) is 2.82. The van der Waals surface area contributed by atoms with Crippen LogP contribution in [0.5, 0.6) is 5.75 Å². The largest absolute Gasteiger partial charge is 0.485 e. The van der Waals surface area contributed by atoms with Crippen molar-refractivity contribution in [3.8, 4) is 11.9 Å². The van der Waals surface area contributed by atoms with Gasteiger partial charge in [0.25, 0.3) is 0 Å². The average molecular weight is 391 g/mol. The summed E-state index contributed by atoms with van der Waals surface area (Å²) in [6.07, 6.45) is 6.19. The van der Waals surface area contributed by atoms with E-state index in [1.54, 1.807) is 0 Å². The smallest absolute Gasteiger partial charge is 0.208 e. The number of thioether (sulfide) groups is 1. The van der Waals surface area contributed by atoms with Gasteiger partial charge in [-0.3, -0.25) is 0 Å². The van der Waals surface area contributed by atoms with Crippen molar-refractivity contribution in [3.63, 3.8) is 0 Å². The normalized spacial score (nSPS) is 18.4. The van der Waals surface area contributed by atoms with Gasteiger partial charge in [0.05, 0.1) is 5.70 Å². The van der Waals surface area contributed by atoms with Crippen LogP contribution in [0.2, 0.25) is 5.02 Å². The van der Waals surface area contributed by atoms with Gasteiger partial charge in [0.1, 0.15) is 11.9 Å². The fourth-order valence-corrected chi connectivity index (χ4v) is 3.99. The molecule has 1 saturated carbocycles. The van der Waals surface area contributed by atoms with Crippen LogP contribution < -0.4 is 4.74 Å². The maximum Gasteiger partial charge on any atom is 0.208 e. The second-order valence-corrected chi connectivity index (χ2v) is 7.59. The Hall–Kier alpha value is -1.84. The minimum absolute atomic E-state index is 0.00743. The van der Waals surface area contributed by atoms with Gasteiger partial charge in [-0.15, -0.1) is 4.99 Å². The molecule has 1 aromatic carbocycles. The van der Waals surface area contributed by atoms with Gasteiger partial charge in [0.15, 0.2) is 5.17 Å². The molecular formula is C19H23ClN4OS. The Morgan fingerprint density at radius 3 is 2.35 bits per heavy atom. The highest BCUT2D eigenvalue weighted by atomic mass is 35.5. The van der Waals surface area contributed by atoms with Gasteiger partial charge in [0, 0.05) is 31.2 Å². The van der Waals surface area contributed by atoms with E-state index in [1.807, 2.05) is 36.7 Å². The second-order valence-electron chi connectivity index (χ2n) is 6.38. The molecule has 0 N–H and O–H groups in total. The molecule has 0 radical (unpaired) electrons. The van der Waals surface area contributed by atoms with Crippen LogP contribution in [0.4, 0.5) is 0 Å². The topological polar surface area (TPSA) is 51.9 Å². The van der Waals surface area contributed by atoms with Crippen LogP contribution >= 0.6 is 23.4 Å². The van der Waals surface area contributed by atoms with Crippen molar-refractivity contribution in [1.82, 2.24) is 9.80 Å². The van der Waals surface area contributed by atoms with Crippen LogP contribution in [0.25, 0.3) is 0 Å². The SMILES string of the molecule is CSC(=NC#N)N1CCN(C(=C2CC2)[C@H](C)Oc2ccc(Cl)cc2)CC1. The van der Waals surface area contributed by atoms with Crippen molar-refractivity contribution < 1.29 is 4.74 Å². The van der Waals surface area contributed by atoms with Gasteiger partial charge in [-0.1, -0.05) is 23.4 Å². The third-order valence-electron chi connectivity index (χ3n) is 4.59. The number of hydrogen-bond acceptors (Lipinski definition) is 5. The number of aliphatic imine (C=N–C) groups is 1. The summed E-state index contributed by atoms with van der Waals surface area (Å²) in [5.74, 6) is 0.838. The Kier molecular flexibility index (Phi) is 6.33. The third kappa shape index (κ3) is 4.66. The van der Waals surface area contributed by atoms with Gasteiger partial charge in [-0.05, 0) is 55.9 Å². The Bertz CT molecular complexity index is 727. The van der Waals surface area contributed by atoms with Gasteiger partial charge >= 0.3 is 0 Å². The zero-order valence-electron chi connectivity index (χ0n) is 15.1. The quantitative estimate of drug-likeness (QED) is 0.442. The highest BCUT2D eigenvalue weighted by molar-refractivity contribution is 8.13. The number of ether oxygens (including phenoxy) is 1. The number of nitriles is 1. The van der Waals surface area contributed by atoms with Crippen LogP contribution in [0.1, 0.15) is 19.8 Å². The molecule has 26 heavy (non-hydrogen) atoms. The Morgan fingerprint density at radius 2 is 1.81 bits per heavy atom. The molecule has 3 rings (SSSR count). The molecule has 0 amide bonds. The first-order valence-corrected chi connectivity index (χ1v) is 10.4. The van der Waals surface area contributed by atoms with Crippen LogP contribution in [0.15, 0.2) is 40.5 Å². The maximum absolute atomic E-state index is 8.83. The van der Waals surface area contributed by atoms with Gasteiger partial charge in [-0.2, -0.15) is 5.26 Å². The number of amidine groups is 1. The first-order valence-electron chi connectivity index (χ1n) is 8.77. The van der Waals surface area contributed by atoms with Crippen LogP contribution in [0.3, 0.4) is 0 Å². The summed E-state index contributed by atoms with van der Waals surface area (Å²) in [6, 6.07) is 7.53. The summed E-state index contributed by atoms with van der Waals surface area (Å²) >= 11 is 7.48. The van der Waals surface area contributed by atoms with Gasteiger partial charge in [0.2, 0.25) is 6.19 Å². The minimum Gasteiger partial charge on any atom is -0.485 e. The van der Waals surface area contributed by atoms with Crippen molar-refractivity contribution in [2.45, 2.75) is 25.9 Å². The molecule has 2 fully saturated rings. The summed E-state index contributed by atoms with van der Waals surface area (Å²) in [7, 11) is 0. The minimum atomic E-state index is 0.00743. The van der Waals surface area contributed by atoms with E-state index in [4.69, 9.17) is 21.6 Å². The number of piperazine rings is 1. The molecule has 1 aliphatic carbocycles. The molecule has 7 heteroatoms. The molecule has 0 spiro atoms. The van der Waals surface area contributed by atoms with E-state index in [2.05, 4.69) is 21.7 Å². The Balaban J connectivity index is 1.65. The first kappa shape index (κ1) is 18.9. The highest BCUT2D eigenvalue weighted by Crippen LogP contribution is 2.36. The van der Waals surface area contributed by atoms with Crippen molar-refractivity contribution >= 4 is 28.5 Å². The summed E-state index contributed by atoms with van der Waals surface area (Å²) < 4.78 is 6.18. The zero-order chi connectivity index (χ0) is 18.5. The van der Waals surface area contributed by atoms with Crippen molar-refractivity contribution in [2.24, 2.45) is 4.99 Å². The van der Waals surface area contributed by atoms with Crippen LogP contribution in [-0.4, -0.2) is 53.5 Å². The first-order chi connectivity index (χ1) is 12.6. The molecule has 1 saturated heterocycles. The summed E-state index contributed by atoms with van der Waals surface area (Å²) in [5, 5.41) is 10.3. The third-order valence-corrected chi connectivity index (χ3v) is 5.56. The van der Waals surface area contributed by atoms with E-state index < -0.39 is 0 Å². The predicted molar refractivity (Wildman–Crippen MR) is 108 cm³/mol. The van der Waals surface area contributed by atoms with Gasteiger partial charge in [-0.25, -0.2) is 0 Å². The second kappa shape index (κ2) is 8.70. The lowest BCUT2D eigenvalue weighted by Gasteiger charge is -2.39. The van der Waals surface area contributed by atoms with Crippen molar-refractivity contribution in [1.29, 1.82) is 5.26 Å². The Labute approximate surface area is 164 Å². The van der Waals surface area contributed by atoms with E-state index in [9.17, 15) is 0 Å². The zero-order valence-corrected chi connectivity index (χ0v) is 16.7. The average Bonchev–Trinajstić information content (AvgIpc) is 3.47. The fraction of sp³-hybridized carbons (Fsp3) is 0.474. The van der Waals surface area contributed by atoms with E-state index >= 15 is 0 Å². The predicted octanol–water partition coefficient (Wildman–Crippen LogP) is 3.97. The number of halogens is 1. The van der Waals surface area contributed by atoms with Crippen LogP contribution in [-0.2, 0) is 0 Å². The van der Waals surface area contributed by atoms with E-state index in [0.717, 1.165) is 49.9 Å². The molecular weight excluding hydrogens is 368 g/mol. The van der Waals surface area contributed by atoms with E-state index in [1.165, 1.54) is 23.0 Å². The molecule has 1 aromatic rings. The van der Waals surface area contributed by atoms with Crippen molar-refractivity contribution in [2.75, 3.05) is 32.4 Å². The lowest BCUT2D eigenvalue weighted by Crippen LogP contribution is -2.49.